The Kier molecular flexibility index (Phi) is 4.98. The molecule has 1 amide bonds. The number of nitrogens with one attached hydrogen (secondary N) is 2. The third kappa shape index (κ3) is 3.55. The monoisotopic (exact) mass is 278 g/mol. The molecule has 0 aromatic carbocycles. The normalized spacial score (nSPS) is 34.7. The van der Waals surface area contributed by atoms with Crippen LogP contribution in [0.3, 0.4) is 0 Å². The molecule has 114 valence electrons. The first kappa shape index (κ1) is 14.4. The predicted octanol–water partition coefficient (Wildman–Crippen LogP) is 2.99. The predicted molar refractivity (Wildman–Crippen MR) is 81.5 cm³/mol. The Balaban J connectivity index is 1.36. The number of hydrogen-bond donors (Lipinski definition) is 2. The minimum absolute atomic E-state index is 0.0921. The molecule has 0 radical (unpaired) electrons. The summed E-state index contributed by atoms with van der Waals surface area (Å²) in [5, 5.41) is 6.75. The standard InChI is InChI=1S/C17H30N2O/c20-17(18-11-10-13-6-2-1-3-7-13)16-12-14-8-4-5-9-15(14)19-16/h13-16,19H,1-12H2,(H,18,20). The Bertz CT molecular complexity index is 311. The van der Waals surface area contributed by atoms with Gasteiger partial charge in [0.1, 0.15) is 0 Å². The van der Waals surface area contributed by atoms with Crippen LogP contribution in [0.1, 0.15) is 70.6 Å². The lowest BCUT2D eigenvalue weighted by atomic mass is 9.85. The van der Waals surface area contributed by atoms with E-state index in [4.69, 9.17) is 0 Å². The van der Waals surface area contributed by atoms with Gasteiger partial charge in [-0.1, -0.05) is 44.9 Å². The van der Waals surface area contributed by atoms with E-state index >= 15 is 0 Å². The van der Waals surface area contributed by atoms with Crippen molar-refractivity contribution < 1.29 is 4.79 Å². The van der Waals surface area contributed by atoms with Gasteiger partial charge in [0.25, 0.3) is 0 Å². The Labute approximate surface area is 123 Å². The highest BCUT2D eigenvalue weighted by molar-refractivity contribution is 5.82. The Morgan fingerprint density at radius 3 is 2.55 bits per heavy atom. The highest BCUT2D eigenvalue weighted by atomic mass is 16.2. The van der Waals surface area contributed by atoms with Crippen molar-refractivity contribution in [1.29, 1.82) is 0 Å². The first-order valence-electron chi connectivity index (χ1n) is 8.86. The third-order valence-electron chi connectivity index (χ3n) is 5.76. The maximum Gasteiger partial charge on any atom is 0.237 e. The zero-order valence-electron chi connectivity index (χ0n) is 12.7. The largest absolute Gasteiger partial charge is 0.355 e. The van der Waals surface area contributed by atoms with Crippen LogP contribution in [0.4, 0.5) is 0 Å². The zero-order chi connectivity index (χ0) is 13.8. The van der Waals surface area contributed by atoms with Crippen LogP contribution < -0.4 is 10.6 Å². The van der Waals surface area contributed by atoms with Crippen LogP contribution >= 0.6 is 0 Å². The summed E-state index contributed by atoms with van der Waals surface area (Å²) in [6, 6.07) is 0.715. The van der Waals surface area contributed by atoms with Crippen molar-refractivity contribution in [3.63, 3.8) is 0 Å². The molecule has 0 spiro atoms. The molecule has 0 aromatic heterocycles. The van der Waals surface area contributed by atoms with Crippen LogP contribution in [-0.2, 0) is 4.79 Å². The van der Waals surface area contributed by atoms with Crippen LogP contribution in [0, 0.1) is 11.8 Å². The first-order valence-corrected chi connectivity index (χ1v) is 8.86. The minimum Gasteiger partial charge on any atom is -0.355 e. The van der Waals surface area contributed by atoms with E-state index in [-0.39, 0.29) is 11.9 Å². The van der Waals surface area contributed by atoms with Crippen molar-refractivity contribution in [2.75, 3.05) is 6.54 Å². The summed E-state index contributed by atoms with van der Waals surface area (Å²) in [6.45, 7) is 0.886. The molecule has 3 atom stereocenters. The number of carbonyl (C=O) groups is 1. The van der Waals surface area contributed by atoms with Gasteiger partial charge in [-0.15, -0.1) is 0 Å². The SMILES string of the molecule is O=C(NCCC1CCCCC1)C1CC2CCCCC2N1. The fourth-order valence-electron chi connectivity index (χ4n) is 4.52. The number of amides is 1. The molecule has 3 rings (SSSR count). The number of carbonyl (C=O) groups excluding carboxylic acids is 1. The van der Waals surface area contributed by atoms with Gasteiger partial charge in [-0.25, -0.2) is 0 Å². The van der Waals surface area contributed by atoms with Crippen LogP contribution in [-0.4, -0.2) is 24.5 Å². The topological polar surface area (TPSA) is 41.1 Å². The molecule has 3 nitrogen and oxygen atoms in total. The molecule has 2 aliphatic carbocycles. The highest BCUT2D eigenvalue weighted by Crippen LogP contribution is 2.33. The van der Waals surface area contributed by atoms with Crippen LogP contribution in [0.25, 0.3) is 0 Å². The van der Waals surface area contributed by atoms with Crippen molar-refractivity contribution in [3.05, 3.63) is 0 Å². The zero-order valence-corrected chi connectivity index (χ0v) is 12.7. The number of fused-ring (bicyclic) bond motifs is 1. The van der Waals surface area contributed by atoms with Crippen LogP contribution in [0.5, 0.6) is 0 Å². The van der Waals surface area contributed by atoms with Crippen molar-refractivity contribution in [2.45, 2.75) is 82.7 Å². The van der Waals surface area contributed by atoms with Gasteiger partial charge in [-0.2, -0.15) is 0 Å². The van der Waals surface area contributed by atoms with Gasteiger partial charge < -0.3 is 10.6 Å². The lowest BCUT2D eigenvalue weighted by Gasteiger charge is -2.24. The quantitative estimate of drug-likeness (QED) is 0.830. The second kappa shape index (κ2) is 6.93. The Morgan fingerprint density at radius 2 is 1.75 bits per heavy atom. The van der Waals surface area contributed by atoms with E-state index in [1.807, 2.05) is 0 Å². The molecule has 2 N–H and O–H groups in total. The summed E-state index contributed by atoms with van der Waals surface area (Å²) in [7, 11) is 0. The van der Waals surface area contributed by atoms with Gasteiger partial charge >= 0.3 is 0 Å². The summed E-state index contributed by atoms with van der Waals surface area (Å²) >= 11 is 0. The van der Waals surface area contributed by atoms with Gasteiger partial charge in [-0.3, -0.25) is 4.79 Å². The molecule has 20 heavy (non-hydrogen) atoms. The molecule has 3 heteroatoms. The van der Waals surface area contributed by atoms with Gasteiger partial charge in [-0.05, 0) is 37.5 Å². The van der Waals surface area contributed by atoms with Gasteiger partial charge in [0, 0.05) is 12.6 Å². The van der Waals surface area contributed by atoms with Crippen molar-refractivity contribution >= 4 is 5.91 Å². The van der Waals surface area contributed by atoms with Crippen molar-refractivity contribution in [2.24, 2.45) is 11.8 Å². The summed E-state index contributed by atoms with van der Waals surface area (Å²) in [6.07, 6.45) is 14.5. The first-order chi connectivity index (χ1) is 9.83. The molecule has 3 unspecified atom stereocenters. The maximum atomic E-state index is 12.3. The third-order valence-corrected chi connectivity index (χ3v) is 5.76. The molecule has 0 aromatic rings. The number of hydrogen-bond acceptors (Lipinski definition) is 2. The summed E-state index contributed by atoms with van der Waals surface area (Å²) in [5.74, 6) is 1.89. The summed E-state index contributed by atoms with van der Waals surface area (Å²) in [4.78, 5) is 12.3. The Morgan fingerprint density at radius 1 is 1.00 bits per heavy atom. The molecule has 2 saturated carbocycles. The summed E-state index contributed by atoms with van der Waals surface area (Å²) in [5.41, 5.74) is 0. The molecule has 3 aliphatic rings. The molecule has 1 saturated heterocycles. The second-order valence-corrected chi connectivity index (χ2v) is 7.19. The minimum atomic E-state index is 0.0921. The average Bonchev–Trinajstić information content (AvgIpc) is 2.92. The summed E-state index contributed by atoms with van der Waals surface area (Å²) < 4.78 is 0. The molecule has 1 aliphatic heterocycles. The van der Waals surface area contributed by atoms with Crippen molar-refractivity contribution in [1.82, 2.24) is 10.6 Å². The smallest absolute Gasteiger partial charge is 0.237 e. The fraction of sp³-hybridized carbons (Fsp3) is 0.941. The van der Waals surface area contributed by atoms with Gasteiger partial charge in [0.2, 0.25) is 5.91 Å². The van der Waals surface area contributed by atoms with E-state index < -0.39 is 0 Å². The van der Waals surface area contributed by atoms with E-state index in [2.05, 4.69) is 10.6 Å². The highest BCUT2D eigenvalue weighted by Gasteiger charge is 2.37. The van der Waals surface area contributed by atoms with E-state index in [1.165, 1.54) is 64.2 Å². The lowest BCUT2D eigenvalue weighted by molar-refractivity contribution is -0.122. The molecular formula is C17H30N2O. The lowest BCUT2D eigenvalue weighted by Crippen LogP contribution is -2.43. The maximum absolute atomic E-state index is 12.3. The van der Waals surface area contributed by atoms with Gasteiger partial charge in [0.05, 0.1) is 6.04 Å². The molecule has 3 fully saturated rings. The Hall–Kier alpha value is -0.570. The van der Waals surface area contributed by atoms with Crippen molar-refractivity contribution in [3.8, 4) is 0 Å². The van der Waals surface area contributed by atoms with E-state index in [0.717, 1.165) is 24.8 Å². The van der Waals surface area contributed by atoms with E-state index in [9.17, 15) is 4.79 Å². The molecular weight excluding hydrogens is 248 g/mol. The van der Waals surface area contributed by atoms with E-state index in [1.54, 1.807) is 0 Å². The fourth-order valence-corrected chi connectivity index (χ4v) is 4.52. The van der Waals surface area contributed by atoms with Crippen LogP contribution in [0.15, 0.2) is 0 Å². The van der Waals surface area contributed by atoms with E-state index in [0.29, 0.717) is 6.04 Å². The second-order valence-electron chi connectivity index (χ2n) is 7.19. The average molecular weight is 278 g/mol. The molecule has 0 bridgehead atoms. The number of rotatable bonds is 4. The van der Waals surface area contributed by atoms with Gasteiger partial charge in [0.15, 0.2) is 0 Å². The molecule has 1 heterocycles. The van der Waals surface area contributed by atoms with Crippen LogP contribution in [0.2, 0.25) is 0 Å².